The number of carbonyl (C=O) groups is 1. The molecule has 2 aliphatic rings. The van der Waals surface area contributed by atoms with Crippen LogP contribution in [0.25, 0.3) is 0 Å². The van der Waals surface area contributed by atoms with E-state index in [0.29, 0.717) is 12.5 Å². The molecule has 0 aromatic heterocycles. The maximum Gasteiger partial charge on any atom is 0.410 e. The van der Waals surface area contributed by atoms with Gasteiger partial charge in [0.05, 0.1) is 6.54 Å². The van der Waals surface area contributed by atoms with E-state index in [2.05, 4.69) is 24.4 Å². The van der Waals surface area contributed by atoms with Crippen molar-refractivity contribution in [2.24, 2.45) is 5.92 Å². The topological polar surface area (TPSA) is 41.6 Å². The van der Waals surface area contributed by atoms with Gasteiger partial charge in [-0.25, -0.2) is 4.79 Å². The third kappa shape index (κ3) is 2.59. The molecule has 0 bridgehead atoms. The van der Waals surface area contributed by atoms with E-state index in [1.165, 1.54) is 11.1 Å². The molecular formula is C15H20N2O2. The number of benzene rings is 1. The first-order valence-corrected chi connectivity index (χ1v) is 6.95. The van der Waals surface area contributed by atoms with Crippen LogP contribution in [0, 0.1) is 12.8 Å². The molecule has 0 aliphatic carbocycles. The molecule has 19 heavy (non-hydrogen) atoms. The third-order valence-corrected chi connectivity index (χ3v) is 4.16. The van der Waals surface area contributed by atoms with Crippen molar-refractivity contribution >= 4 is 6.09 Å². The molecule has 102 valence electrons. The Labute approximate surface area is 113 Å². The van der Waals surface area contributed by atoms with Gasteiger partial charge >= 0.3 is 6.09 Å². The minimum absolute atomic E-state index is 0.0616. The van der Waals surface area contributed by atoms with Crippen LogP contribution in [0.1, 0.15) is 17.5 Å². The normalized spacial score (nSPS) is 26.8. The molecule has 4 heteroatoms. The Kier molecular flexibility index (Phi) is 3.42. The van der Waals surface area contributed by atoms with Crippen LogP contribution in [-0.2, 0) is 11.3 Å². The summed E-state index contributed by atoms with van der Waals surface area (Å²) in [5, 5.41) is 3.33. The molecule has 0 spiro atoms. The molecule has 2 heterocycles. The SMILES string of the molecule is Cc1ccccc1CN1CC(C2CCNC2)OC1=O. The number of carbonyl (C=O) groups excluding carboxylic acids is 1. The van der Waals surface area contributed by atoms with Crippen molar-refractivity contribution in [3.8, 4) is 0 Å². The smallest absolute Gasteiger partial charge is 0.410 e. The second kappa shape index (κ2) is 5.21. The lowest BCUT2D eigenvalue weighted by Gasteiger charge is -2.16. The first-order valence-electron chi connectivity index (χ1n) is 6.95. The highest BCUT2D eigenvalue weighted by molar-refractivity contribution is 5.70. The van der Waals surface area contributed by atoms with Crippen LogP contribution in [0.3, 0.4) is 0 Å². The molecule has 1 aromatic rings. The lowest BCUT2D eigenvalue weighted by atomic mass is 10.0. The van der Waals surface area contributed by atoms with E-state index >= 15 is 0 Å². The molecule has 1 N–H and O–H groups in total. The standard InChI is InChI=1S/C15H20N2O2/c1-11-4-2-3-5-13(11)9-17-10-14(19-15(17)18)12-6-7-16-8-12/h2-5,12,14,16H,6-10H2,1H3. The van der Waals surface area contributed by atoms with Gasteiger partial charge in [-0.2, -0.15) is 0 Å². The van der Waals surface area contributed by atoms with Crippen molar-refractivity contribution in [3.63, 3.8) is 0 Å². The van der Waals surface area contributed by atoms with E-state index in [1.807, 2.05) is 17.0 Å². The van der Waals surface area contributed by atoms with E-state index in [-0.39, 0.29) is 12.2 Å². The summed E-state index contributed by atoms with van der Waals surface area (Å²) in [7, 11) is 0. The number of aryl methyl sites for hydroxylation is 1. The van der Waals surface area contributed by atoms with Gasteiger partial charge in [-0.15, -0.1) is 0 Å². The molecule has 2 fully saturated rings. The van der Waals surface area contributed by atoms with Crippen LogP contribution in [0.5, 0.6) is 0 Å². The van der Waals surface area contributed by atoms with E-state index in [0.717, 1.165) is 26.1 Å². The van der Waals surface area contributed by atoms with Crippen LogP contribution in [0.4, 0.5) is 4.79 Å². The van der Waals surface area contributed by atoms with Crippen molar-refractivity contribution in [2.75, 3.05) is 19.6 Å². The van der Waals surface area contributed by atoms with Gasteiger partial charge in [0, 0.05) is 19.0 Å². The number of hydrogen-bond donors (Lipinski definition) is 1. The number of hydrogen-bond acceptors (Lipinski definition) is 3. The van der Waals surface area contributed by atoms with Crippen molar-refractivity contribution in [2.45, 2.75) is 26.0 Å². The highest BCUT2D eigenvalue weighted by Gasteiger charge is 2.37. The van der Waals surface area contributed by atoms with Crippen LogP contribution < -0.4 is 5.32 Å². The Morgan fingerprint density at radius 2 is 2.26 bits per heavy atom. The summed E-state index contributed by atoms with van der Waals surface area (Å²) in [5.74, 6) is 0.478. The number of nitrogens with zero attached hydrogens (tertiary/aromatic N) is 1. The van der Waals surface area contributed by atoms with Crippen LogP contribution in [0.2, 0.25) is 0 Å². The Bertz CT molecular complexity index is 469. The lowest BCUT2D eigenvalue weighted by molar-refractivity contribution is 0.107. The largest absolute Gasteiger partial charge is 0.444 e. The van der Waals surface area contributed by atoms with Gasteiger partial charge in [-0.1, -0.05) is 24.3 Å². The number of ether oxygens (including phenoxy) is 1. The summed E-state index contributed by atoms with van der Waals surface area (Å²) >= 11 is 0. The van der Waals surface area contributed by atoms with Gasteiger partial charge in [-0.3, -0.25) is 0 Å². The molecule has 0 radical (unpaired) electrons. The number of amides is 1. The highest BCUT2D eigenvalue weighted by atomic mass is 16.6. The van der Waals surface area contributed by atoms with Gasteiger partial charge in [-0.05, 0) is 31.0 Å². The Morgan fingerprint density at radius 1 is 1.42 bits per heavy atom. The Morgan fingerprint density at radius 3 is 3.00 bits per heavy atom. The number of nitrogens with one attached hydrogen (secondary N) is 1. The average Bonchev–Trinajstić information content (AvgIpc) is 3.02. The molecule has 2 saturated heterocycles. The Hall–Kier alpha value is -1.55. The van der Waals surface area contributed by atoms with Gasteiger partial charge < -0.3 is 15.0 Å². The first-order chi connectivity index (χ1) is 9.24. The maximum absolute atomic E-state index is 11.9. The van der Waals surface area contributed by atoms with Crippen LogP contribution in [0.15, 0.2) is 24.3 Å². The fraction of sp³-hybridized carbons (Fsp3) is 0.533. The molecule has 4 nitrogen and oxygen atoms in total. The Balaban J connectivity index is 1.66. The molecular weight excluding hydrogens is 240 g/mol. The second-order valence-electron chi connectivity index (χ2n) is 5.48. The molecule has 2 unspecified atom stereocenters. The van der Waals surface area contributed by atoms with Gasteiger partial charge in [0.25, 0.3) is 0 Å². The zero-order valence-electron chi connectivity index (χ0n) is 11.3. The summed E-state index contributed by atoms with van der Waals surface area (Å²) in [6, 6.07) is 8.19. The molecule has 2 aliphatic heterocycles. The van der Waals surface area contributed by atoms with E-state index in [9.17, 15) is 4.79 Å². The summed E-state index contributed by atoms with van der Waals surface area (Å²) < 4.78 is 5.52. The molecule has 3 rings (SSSR count). The fourth-order valence-electron chi connectivity index (χ4n) is 2.89. The van der Waals surface area contributed by atoms with Gasteiger partial charge in [0.2, 0.25) is 0 Å². The molecule has 1 aromatic carbocycles. The fourth-order valence-corrected chi connectivity index (χ4v) is 2.89. The highest BCUT2D eigenvalue weighted by Crippen LogP contribution is 2.24. The maximum atomic E-state index is 11.9. The molecule has 1 amide bonds. The lowest BCUT2D eigenvalue weighted by Crippen LogP contribution is -2.28. The van der Waals surface area contributed by atoms with Crippen LogP contribution in [-0.4, -0.2) is 36.7 Å². The minimum Gasteiger partial charge on any atom is -0.444 e. The average molecular weight is 260 g/mol. The van der Waals surface area contributed by atoms with E-state index < -0.39 is 0 Å². The zero-order chi connectivity index (χ0) is 13.2. The minimum atomic E-state index is -0.167. The van der Waals surface area contributed by atoms with Crippen molar-refractivity contribution in [1.29, 1.82) is 0 Å². The van der Waals surface area contributed by atoms with Crippen molar-refractivity contribution in [3.05, 3.63) is 35.4 Å². The predicted molar refractivity (Wildman–Crippen MR) is 72.8 cm³/mol. The molecule has 2 atom stereocenters. The monoisotopic (exact) mass is 260 g/mol. The van der Waals surface area contributed by atoms with Crippen LogP contribution >= 0.6 is 0 Å². The summed E-state index contributed by atoms with van der Waals surface area (Å²) in [6.45, 7) is 5.46. The van der Waals surface area contributed by atoms with E-state index in [1.54, 1.807) is 0 Å². The summed E-state index contributed by atoms with van der Waals surface area (Å²) in [5.41, 5.74) is 2.42. The third-order valence-electron chi connectivity index (χ3n) is 4.16. The number of rotatable bonds is 3. The van der Waals surface area contributed by atoms with Gasteiger partial charge in [0.1, 0.15) is 6.10 Å². The van der Waals surface area contributed by atoms with Crippen molar-refractivity contribution < 1.29 is 9.53 Å². The van der Waals surface area contributed by atoms with E-state index in [4.69, 9.17) is 4.74 Å². The predicted octanol–water partition coefficient (Wildman–Crippen LogP) is 1.93. The molecule has 0 saturated carbocycles. The number of cyclic esters (lactones) is 1. The first kappa shape index (κ1) is 12.5. The zero-order valence-corrected chi connectivity index (χ0v) is 11.3. The quantitative estimate of drug-likeness (QED) is 0.903. The summed E-state index contributed by atoms with van der Waals surface area (Å²) in [6.07, 6.45) is 1.00. The second-order valence-corrected chi connectivity index (χ2v) is 5.48. The van der Waals surface area contributed by atoms with Crippen molar-refractivity contribution in [1.82, 2.24) is 10.2 Å². The van der Waals surface area contributed by atoms with Gasteiger partial charge in [0.15, 0.2) is 0 Å². The summed E-state index contributed by atoms with van der Waals surface area (Å²) in [4.78, 5) is 13.8.